The number of carbonyl (C=O) groups is 1. The SMILES string of the molecule is NC1=NC(=O)C(c2cc(F)cc(F)c2)O1. The molecule has 0 saturated carbocycles. The van der Waals surface area contributed by atoms with Gasteiger partial charge < -0.3 is 10.5 Å². The van der Waals surface area contributed by atoms with E-state index in [2.05, 4.69) is 4.99 Å². The number of hydrogen-bond acceptors (Lipinski definition) is 3. The van der Waals surface area contributed by atoms with Crippen LogP contribution in [0.15, 0.2) is 23.2 Å². The maximum atomic E-state index is 12.8. The van der Waals surface area contributed by atoms with Crippen LogP contribution in [0.3, 0.4) is 0 Å². The minimum Gasteiger partial charge on any atom is -0.447 e. The van der Waals surface area contributed by atoms with Gasteiger partial charge in [-0.2, -0.15) is 4.99 Å². The summed E-state index contributed by atoms with van der Waals surface area (Å²) >= 11 is 0. The number of nitrogens with zero attached hydrogens (tertiary/aromatic N) is 1. The molecule has 15 heavy (non-hydrogen) atoms. The van der Waals surface area contributed by atoms with Crippen molar-refractivity contribution in [2.24, 2.45) is 10.7 Å². The number of benzene rings is 1. The van der Waals surface area contributed by atoms with E-state index in [0.29, 0.717) is 6.07 Å². The van der Waals surface area contributed by atoms with Crippen LogP contribution in [-0.4, -0.2) is 11.9 Å². The summed E-state index contributed by atoms with van der Waals surface area (Å²) in [5.41, 5.74) is 5.21. The molecular formula is C9H6F2N2O2. The van der Waals surface area contributed by atoms with Crippen molar-refractivity contribution in [3.63, 3.8) is 0 Å². The Morgan fingerprint density at radius 2 is 1.87 bits per heavy atom. The maximum Gasteiger partial charge on any atom is 0.296 e. The van der Waals surface area contributed by atoms with Gasteiger partial charge >= 0.3 is 0 Å². The fourth-order valence-corrected chi connectivity index (χ4v) is 1.30. The van der Waals surface area contributed by atoms with Crippen molar-refractivity contribution in [3.8, 4) is 0 Å². The molecule has 0 spiro atoms. The Hall–Kier alpha value is -1.98. The first-order chi connectivity index (χ1) is 7.06. The average molecular weight is 212 g/mol. The zero-order chi connectivity index (χ0) is 11.0. The molecule has 4 nitrogen and oxygen atoms in total. The molecule has 1 amide bonds. The molecule has 1 aromatic carbocycles. The van der Waals surface area contributed by atoms with Crippen LogP contribution in [0.1, 0.15) is 11.7 Å². The Balaban J connectivity index is 2.35. The zero-order valence-corrected chi connectivity index (χ0v) is 7.41. The average Bonchev–Trinajstić information content (AvgIpc) is 2.43. The van der Waals surface area contributed by atoms with Crippen LogP contribution in [0.4, 0.5) is 8.78 Å². The zero-order valence-electron chi connectivity index (χ0n) is 7.41. The second-order valence-corrected chi connectivity index (χ2v) is 2.99. The first-order valence-corrected chi connectivity index (χ1v) is 4.07. The van der Waals surface area contributed by atoms with Gasteiger partial charge in [-0.25, -0.2) is 8.78 Å². The fraction of sp³-hybridized carbons (Fsp3) is 0.111. The molecule has 0 saturated heterocycles. The van der Waals surface area contributed by atoms with Gasteiger partial charge in [-0.3, -0.25) is 4.79 Å². The van der Waals surface area contributed by atoms with Crippen LogP contribution < -0.4 is 5.73 Å². The minimum absolute atomic E-state index is 0.0571. The molecule has 1 atom stereocenters. The summed E-state index contributed by atoms with van der Waals surface area (Å²) in [4.78, 5) is 14.5. The number of rotatable bonds is 1. The standard InChI is InChI=1S/C9H6F2N2O2/c10-5-1-4(2-6(11)3-5)7-8(14)13-9(12)15-7/h1-3,7H,(H2,12,13,14). The second-order valence-electron chi connectivity index (χ2n) is 2.99. The molecule has 1 aliphatic heterocycles. The maximum absolute atomic E-state index is 12.8. The largest absolute Gasteiger partial charge is 0.447 e. The number of aliphatic imine (C=N–C) groups is 1. The van der Waals surface area contributed by atoms with E-state index < -0.39 is 23.6 Å². The summed E-state index contributed by atoms with van der Waals surface area (Å²) in [5.74, 6) is -2.24. The predicted molar refractivity (Wildman–Crippen MR) is 46.8 cm³/mol. The summed E-state index contributed by atoms with van der Waals surface area (Å²) in [7, 11) is 0. The molecule has 6 heteroatoms. The number of hydrogen-bond donors (Lipinski definition) is 1. The Morgan fingerprint density at radius 3 is 2.33 bits per heavy atom. The molecule has 2 N–H and O–H groups in total. The van der Waals surface area contributed by atoms with Gasteiger partial charge in [0.25, 0.3) is 11.9 Å². The van der Waals surface area contributed by atoms with Gasteiger partial charge in [-0.15, -0.1) is 0 Å². The summed E-state index contributed by atoms with van der Waals surface area (Å²) in [6.07, 6.45) is -1.14. The van der Waals surface area contributed by atoms with Gasteiger partial charge in [-0.05, 0) is 12.1 Å². The van der Waals surface area contributed by atoms with E-state index in [9.17, 15) is 13.6 Å². The van der Waals surface area contributed by atoms with E-state index in [4.69, 9.17) is 10.5 Å². The third-order valence-corrected chi connectivity index (χ3v) is 1.87. The second kappa shape index (κ2) is 3.30. The third kappa shape index (κ3) is 1.78. The molecule has 1 aromatic rings. The quantitative estimate of drug-likeness (QED) is 0.751. The van der Waals surface area contributed by atoms with Crippen molar-refractivity contribution < 1.29 is 18.3 Å². The molecule has 0 aromatic heterocycles. The van der Waals surface area contributed by atoms with Crippen LogP contribution >= 0.6 is 0 Å². The highest BCUT2D eigenvalue weighted by Crippen LogP contribution is 2.24. The van der Waals surface area contributed by atoms with Crippen molar-refractivity contribution in [1.82, 2.24) is 0 Å². The molecule has 1 unspecified atom stereocenters. The van der Waals surface area contributed by atoms with E-state index in [1.807, 2.05) is 0 Å². The highest BCUT2D eigenvalue weighted by Gasteiger charge is 2.29. The Morgan fingerprint density at radius 1 is 1.27 bits per heavy atom. The first kappa shape index (κ1) is 9.57. The van der Waals surface area contributed by atoms with E-state index in [1.165, 1.54) is 0 Å². The van der Waals surface area contributed by atoms with Crippen molar-refractivity contribution in [1.29, 1.82) is 0 Å². The van der Waals surface area contributed by atoms with Crippen molar-refractivity contribution >= 4 is 11.9 Å². The summed E-state index contributed by atoms with van der Waals surface area (Å²) in [6.45, 7) is 0. The van der Waals surface area contributed by atoms with Crippen molar-refractivity contribution in [3.05, 3.63) is 35.4 Å². The Labute approximate surface area is 83.4 Å². The molecule has 2 rings (SSSR count). The molecule has 0 fully saturated rings. The molecular weight excluding hydrogens is 206 g/mol. The first-order valence-electron chi connectivity index (χ1n) is 4.07. The van der Waals surface area contributed by atoms with Gasteiger partial charge in [0, 0.05) is 11.6 Å². The van der Waals surface area contributed by atoms with Gasteiger partial charge in [0.15, 0.2) is 0 Å². The van der Waals surface area contributed by atoms with E-state index in [1.54, 1.807) is 0 Å². The lowest BCUT2D eigenvalue weighted by Crippen LogP contribution is -2.14. The molecule has 0 radical (unpaired) electrons. The van der Waals surface area contributed by atoms with E-state index in [0.717, 1.165) is 12.1 Å². The topological polar surface area (TPSA) is 64.7 Å². The van der Waals surface area contributed by atoms with Crippen LogP contribution in [0.2, 0.25) is 0 Å². The fourth-order valence-electron chi connectivity index (χ4n) is 1.30. The van der Waals surface area contributed by atoms with Crippen molar-refractivity contribution in [2.75, 3.05) is 0 Å². The highest BCUT2D eigenvalue weighted by molar-refractivity contribution is 5.98. The lowest BCUT2D eigenvalue weighted by atomic mass is 10.1. The smallest absolute Gasteiger partial charge is 0.296 e. The van der Waals surface area contributed by atoms with Gasteiger partial charge in [0.2, 0.25) is 6.10 Å². The van der Waals surface area contributed by atoms with E-state index in [-0.39, 0.29) is 11.6 Å². The van der Waals surface area contributed by atoms with Crippen LogP contribution in [0.25, 0.3) is 0 Å². The van der Waals surface area contributed by atoms with Crippen LogP contribution in [-0.2, 0) is 9.53 Å². The summed E-state index contributed by atoms with van der Waals surface area (Å²) in [5, 5.41) is 0. The summed E-state index contributed by atoms with van der Waals surface area (Å²) in [6, 6.07) is 2.40. The number of ether oxygens (including phenoxy) is 1. The van der Waals surface area contributed by atoms with Crippen LogP contribution in [0, 0.1) is 11.6 Å². The number of halogens is 2. The Bertz CT molecular complexity index is 439. The number of amides is 1. The summed E-state index contributed by atoms with van der Waals surface area (Å²) < 4.78 is 30.5. The molecule has 1 aliphatic rings. The Kier molecular flexibility index (Phi) is 2.11. The lowest BCUT2D eigenvalue weighted by molar-refractivity contribution is -0.122. The van der Waals surface area contributed by atoms with Crippen molar-refractivity contribution in [2.45, 2.75) is 6.10 Å². The molecule has 1 heterocycles. The number of nitrogens with two attached hydrogens (primary N) is 1. The molecule has 0 aliphatic carbocycles. The van der Waals surface area contributed by atoms with Crippen LogP contribution in [0.5, 0.6) is 0 Å². The third-order valence-electron chi connectivity index (χ3n) is 1.87. The minimum atomic E-state index is -1.14. The number of carbonyl (C=O) groups excluding carboxylic acids is 1. The van der Waals surface area contributed by atoms with Gasteiger partial charge in [0.05, 0.1) is 0 Å². The highest BCUT2D eigenvalue weighted by atomic mass is 19.1. The normalized spacial score (nSPS) is 20.0. The predicted octanol–water partition coefficient (Wildman–Crippen LogP) is 0.877. The van der Waals surface area contributed by atoms with Gasteiger partial charge in [-0.1, -0.05) is 0 Å². The monoisotopic (exact) mass is 212 g/mol. The van der Waals surface area contributed by atoms with Gasteiger partial charge in [0.1, 0.15) is 11.6 Å². The molecule has 0 bridgehead atoms. The molecule has 78 valence electrons. The van der Waals surface area contributed by atoms with E-state index >= 15 is 0 Å². The lowest BCUT2D eigenvalue weighted by Gasteiger charge is -2.08. The number of amidine groups is 1.